The molecule has 0 aliphatic heterocycles. The lowest BCUT2D eigenvalue weighted by Crippen LogP contribution is -2.15. The second-order valence-electron chi connectivity index (χ2n) is 5.24. The number of hydrogen-bond donors (Lipinski definition) is 1. The molecule has 2 aromatic rings. The number of hydrogen-bond acceptors (Lipinski definition) is 4. The van der Waals surface area contributed by atoms with Crippen LogP contribution >= 0.6 is 0 Å². The van der Waals surface area contributed by atoms with E-state index < -0.39 is 0 Å². The molecule has 1 heterocycles. The van der Waals surface area contributed by atoms with Crippen LogP contribution in [0.4, 0.5) is 0 Å². The summed E-state index contributed by atoms with van der Waals surface area (Å²) in [6, 6.07) is 8.13. The average Bonchev–Trinajstić information content (AvgIpc) is 2.76. The molecule has 0 atom stereocenters. The Morgan fingerprint density at radius 2 is 2.05 bits per heavy atom. The number of nitrogens with zero attached hydrogens (tertiary/aromatic N) is 1. The first kappa shape index (κ1) is 15.0. The second kappa shape index (κ2) is 7.43. The van der Waals surface area contributed by atoms with Crippen molar-refractivity contribution in [3.63, 3.8) is 0 Å². The zero-order valence-corrected chi connectivity index (χ0v) is 12.6. The predicted octanol–water partition coefficient (Wildman–Crippen LogP) is 2.62. The summed E-state index contributed by atoms with van der Waals surface area (Å²) in [5, 5.41) is 4.30. The van der Waals surface area contributed by atoms with Gasteiger partial charge in [0.05, 0.1) is 13.2 Å². The zero-order chi connectivity index (χ0) is 14.4. The molecule has 4 heteroatoms. The highest BCUT2D eigenvalue weighted by Gasteiger charge is 2.13. The van der Waals surface area contributed by atoms with Gasteiger partial charge in [-0.1, -0.05) is 18.2 Å². The number of rotatable bonds is 8. The van der Waals surface area contributed by atoms with E-state index in [4.69, 9.17) is 9.15 Å². The Kier molecular flexibility index (Phi) is 5.59. The van der Waals surface area contributed by atoms with Crippen LogP contribution in [0.3, 0.4) is 0 Å². The summed E-state index contributed by atoms with van der Waals surface area (Å²) >= 11 is 0. The molecule has 20 heavy (non-hydrogen) atoms. The predicted molar refractivity (Wildman–Crippen MR) is 81.8 cm³/mol. The van der Waals surface area contributed by atoms with Gasteiger partial charge in [0.1, 0.15) is 11.3 Å². The van der Waals surface area contributed by atoms with Gasteiger partial charge in [0.15, 0.2) is 0 Å². The van der Waals surface area contributed by atoms with Gasteiger partial charge in [0.2, 0.25) is 0 Å². The summed E-state index contributed by atoms with van der Waals surface area (Å²) < 4.78 is 11.7. The fourth-order valence-corrected chi connectivity index (χ4v) is 2.27. The monoisotopic (exact) mass is 276 g/mol. The minimum absolute atomic E-state index is 0.613. The average molecular weight is 276 g/mol. The van der Waals surface area contributed by atoms with Crippen LogP contribution in [0.1, 0.15) is 17.7 Å². The van der Waals surface area contributed by atoms with E-state index in [1.807, 2.05) is 25.2 Å². The smallest absolute Gasteiger partial charge is 0.134 e. The van der Waals surface area contributed by atoms with Crippen LogP contribution in [0.2, 0.25) is 0 Å². The van der Waals surface area contributed by atoms with Gasteiger partial charge in [0, 0.05) is 17.6 Å². The third kappa shape index (κ3) is 3.82. The van der Waals surface area contributed by atoms with Crippen molar-refractivity contribution in [3.05, 3.63) is 35.6 Å². The van der Waals surface area contributed by atoms with E-state index in [2.05, 4.69) is 30.4 Å². The first-order valence-corrected chi connectivity index (χ1v) is 7.08. The van der Waals surface area contributed by atoms with Crippen molar-refractivity contribution in [2.24, 2.45) is 0 Å². The fourth-order valence-electron chi connectivity index (χ4n) is 2.27. The first-order valence-electron chi connectivity index (χ1n) is 7.08. The molecule has 0 saturated heterocycles. The minimum Gasteiger partial charge on any atom is -0.459 e. The molecule has 0 bridgehead atoms. The highest BCUT2D eigenvalue weighted by Crippen LogP contribution is 2.26. The van der Waals surface area contributed by atoms with Crippen LogP contribution in [-0.4, -0.2) is 39.2 Å². The van der Waals surface area contributed by atoms with E-state index >= 15 is 0 Å². The normalized spacial score (nSPS) is 11.6. The van der Waals surface area contributed by atoms with Gasteiger partial charge in [-0.2, -0.15) is 0 Å². The third-order valence-electron chi connectivity index (χ3n) is 3.26. The van der Waals surface area contributed by atoms with Crippen LogP contribution in [0.15, 0.2) is 28.7 Å². The number of ether oxygens (including phenoxy) is 1. The molecule has 1 aromatic heterocycles. The summed E-state index contributed by atoms with van der Waals surface area (Å²) in [5.41, 5.74) is 2.10. The standard InChI is InChI=1S/C16H24N2O2/c1-17-11-16-14(12-19-10-6-9-18(2)3)13-7-4-5-8-15(13)20-16/h4-5,7-8,17H,6,9-12H2,1-3H3. The molecule has 0 amide bonds. The van der Waals surface area contributed by atoms with Gasteiger partial charge in [-0.05, 0) is 40.2 Å². The van der Waals surface area contributed by atoms with Crippen LogP contribution in [0.25, 0.3) is 11.0 Å². The van der Waals surface area contributed by atoms with Crippen molar-refractivity contribution < 1.29 is 9.15 Å². The van der Waals surface area contributed by atoms with E-state index in [1.165, 1.54) is 5.56 Å². The van der Waals surface area contributed by atoms with Crippen LogP contribution < -0.4 is 5.32 Å². The van der Waals surface area contributed by atoms with E-state index in [9.17, 15) is 0 Å². The number of para-hydroxylation sites is 1. The van der Waals surface area contributed by atoms with E-state index in [-0.39, 0.29) is 0 Å². The Bertz CT molecular complexity index is 534. The topological polar surface area (TPSA) is 37.6 Å². The lowest BCUT2D eigenvalue weighted by atomic mass is 10.1. The molecule has 0 spiro atoms. The molecule has 4 nitrogen and oxygen atoms in total. The zero-order valence-electron chi connectivity index (χ0n) is 12.6. The molecule has 1 aromatic carbocycles. The third-order valence-corrected chi connectivity index (χ3v) is 3.26. The summed E-state index contributed by atoms with van der Waals surface area (Å²) in [7, 11) is 6.08. The lowest BCUT2D eigenvalue weighted by Gasteiger charge is -2.09. The second-order valence-corrected chi connectivity index (χ2v) is 5.24. The molecule has 110 valence electrons. The van der Waals surface area contributed by atoms with E-state index in [0.717, 1.165) is 42.8 Å². The molecule has 0 fully saturated rings. The molecule has 0 radical (unpaired) electrons. The highest BCUT2D eigenvalue weighted by atomic mass is 16.5. The Morgan fingerprint density at radius 1 is 1.25 bits per heavy atom. The summed E-state index contributed by atoms with van der Waals surface area (Å²) in [6.45, 7) is 3.17. The maximum absolute atomic E-state index is 5.88. The van der Waals surface area contributed by atoms with Crippen molar-refractivity contribution in [2.45, 2.75) is 19.6 Å². The largest absolute Gasteiger partial charge is 0.459 e. The summed E-state index contributed by atoms with van der Waals surface area (Å²) in [5.74, 6) is 0.973. The van der Waals surface area contributed by atoms with E-state index in [0.29, 0.717) is 6.61 Å². The maximum atomic E-state index is 5.88. The van der Waals surface area contributed by atoms with Gasteiger partial charge in [0.25, 0.3) is 0 Å². The molecule has 0 unspecified atom stereocenters. The Balaban J connectivity index is 2.01. The quantitative estimate of drug-likeness (QED) is 0.752. The molecular formula is C16H24N2O2. The summed E-state index contributed by atoms with van der Waals surface area (Å²) in [6.07, 6.45) is 1.05. The molecule has 0 aliphatic carbocycles. The van der Waals surface area contributed by atoms with Gasteiger partial charge in [-0.25, -0.2) is 0 Å². The van der Waals surface area contributed by atoms with Gasteiger partial charge in [-0.3, -0.25) is 0 Å². The van der Waals surface area contributed by atoms with Gasteiger partial charge >= 0.3 is 0 Å². The molecule has 0 saturated carbocycles. The SMILES string of the molecule is CNCc1oc2ccccc2c1COCCCN(C)C. The van der Waals surface area contributed by atoms with Crippen molar-refractivity contribution in [3.8, 4) is 0 Å². The van der Waals surface area contributed by atoms with E-state index in [1.54, 1.807) is 0 Å². The number of nitrogens with one attached hydrogen (secondary N) is 1. The molecular weight excluding hydrogens is 252 g/mol. The van der Waals surface area contributed by atoms with Crippen molar-refractivity contribution in [2.75, 3.05) is 34.3 Å². The van der Waals surface area contributed by atoms with Crippen LogP contribution in [0.5, 0.6) is 0 Å². The molecule has 0 aliphatic rings. The van der Waals surface area contributed by atoms with Crippen molar-refractivity contribution >= 4 is 11.0 Å². The van der Waals surface area contributed by atoms with Crippen molar-refractivity contribution in [1.82, 2.24) is 10.2 Å². The lowest BCUT2D eigenvalue weighted by molar-refractivity contribution is 0.112. The Hall–Kier alpha value is -1.36. The fraction of sp³-hybridized carbons (Fsp3) is 0.500. The first-order chi connectivity index (χ1) is 9.72. The molecule has 2 rings (SSSR count). The molecule has 1 N–H and O–H groups in total. The van der Waals surface area contributed by atoms with Crippen LogP contribution in [0, 0.1) is 0 Å². The highest BCUT2D eigenvalue weighted by molar-refractivity contribution is 5.82. The van der Waals surface area contributed by atoms with Gasteiger partial charge in [-0.15, -0.1) is 0 Å². The summed E-state index contributed by atoms with van der Waals surface area (Å²) in [4.78, 5) is 2.17. The number of fused-ring (bicyclic) bond motifs is 1. The Morgan fingerprint density at radius 3 is 2.80 bits per heavy atom. The number of benzene rings is 1. The van der Waals surface area contributed by atoms with Crippen molar-refractivity contribution in [1.29, 1.82) is 0 Å². The Labute approximate surface area is 120 Å². The van der Waals surface area contributed by atoms with Crippen LogP contribution in [-0.2, 0) is 17.9 Å². The number of furan rings is 1. The minimum atomic E-state index is 0.613. The maximum Gasteiger partial charge on any atom is 0.134 e. The van der Waals surface area contributed by atoms with Gasteiger partial charge < -0.3 is 19.4 Å².